The predicted octanol–water partition coefficient (Wildman–Crippen LogP) is 0.781. The summed E-state index contributed by atoms with van der Waals surface area (Å²) >= 11 is 0. The molecule has 0 aromatic heterocycles. The largest absolute Gasteiger partial charge is 0.357 e. The molecule has 0 unspecified atom stereocenters. The van der Waals surface area contributed by atoms with Gasteiger partial charge in [0.25, 0.3) is 0 Å². The van der Waals surface area contributed by atoms with Crippen LogP contribution in [-0.4, -0.2) is 63.5 Å². The number of nitrogens with zero attached hydrogens (tertiary/aromatic N) is 2. The lowest BCUT2D eigenvalue weighted by Crippen LogP contribution is -2.45. The van der Waals surface area contributed by atoms with E-state index in [0.717, 1.165) is 25.6 Å². The fourth-order valence-electron chi connectivity index (χ4n) is 2.63. The number of rotatable bonds is 6. The number of aliphatic imine (C=N–C) groups is 1. The topological polar surface area (TPSA) is 73.8 Å². The monoisotopic (exact) mass is 352 g/mol. The van der Waals surface area contributed by atoms with Crippen LogP contribution < -0.4 is 10.6 Å². The van der Waals surface area contributed by atoms with E-state index in [0.29, 0.717) is 19.6 Å². The Morgan fingerprint density at radius 2 is 2.00 bits per heavy atom. The Labute approximate surface area is 145 Å². The molecule has 1 aliphatic heterocycles. The summed E-state index contributed by atoms with van der Waals surface area (Å²) in [5, 5.41) is 6.56. The first-order valence-electron chi connectivity index (χ1n) is 8.49. The molecule has 7 heteroatoms. The highest BCUT2D eigenvalue weighted by Crippen LogP contribution is 2.05. The second-order valence-corrected chi connectivity index (χ2v) is 8.41. The van der Waals surface area contributed by atoms with Crippen LogP contribution in [0.5, 0.6) is 0 Å². The van der Waals surface area contributed by atoms with E-state index in [1.54, 1.807) is 0 Å². The summed E-state index contributed by atoms with van der Waals surface area (Å²) in [5.74, 6) is 1.34. The fraction of sp³-hybridized carbons (Fsp3) is 0.588. The molecule has 1 aliphatic rings. The molecule has 2 rings (SSSR count). The fourth-order valence-corrected chi connectivity index (χ4v) is 3.91. The van der Waals surface area contributed by atoms with E-state index in [1.165, 1.54) is 11.1 Å². The number of nitrogens with one attached hydrogen (secondary N) is 2. The van der Waals surface area contributed by atoms with Gasteiger partial charge in [0.1, 0.15) is 0 Å². The maximum Gasteiger partial charge on any atom is 0.191 e. The summed E-state index contributed by atoms with van der Waals surface area (Å²) in [4.78, 5) is 6.79. The third-order valence-corrected chi connectivity index (χ3v) is 5.61. The Balaban J connectivity index is 1.79. The minimum Gasteiger partial charge on any atom is -0.357 e. The van der Waals surface area contributed by atoms with Crippen LogP contribution in [0, 0.1) is 6.92 Å². The summed E-state index contributed by atoms with van der Waals surface area (Å²) in [7, 11) is -2.81. The molecule has 2 N–H and O–H groups in total. The number of hydrogen-bond donors (Lipinski definition) is 2. The normalized spacial score (nSPS) is 18.3. The van der Waals surface area contributed by atoms with Crippen molar-refractivity contribution in [3.8, 4) is 0 Å². The number of guanidine groups is 1. The van der Waals surface area contributed by atoms with Gasteiger partial charge in [0.15, 0.2) is 15.8 Å². The Morgan fingerprint density at radius 3 is 2.67 bits per heavy atom. The molecule has 0 amide bonds. The molecule has 0 aliphatic carbocycles. The van der Waals surface area contributed by atoms with Crippen LogP contribution in [0.25, 0.3) is 0 Å². The summed E-state index contributed by atoms with van der Waals surface area (Å²) in [6.45, 7) is 8.39. The zero-order chi connectivity index (χ0) is 17.4. The van der Waals surface area contributed by atoms with Crippen molar-refractivity contribution in [3.05, 3.63) is 35.4 Å². The van der Waals surface area contributed by atoms with E-state index < -0.39 is 9.84 Å². The lowest BCUT2D eigenvalue weighted by Gasteiger charge is -2.26. The van der Waals surface area contributed by atoms with E-state index in [2.05, 4.69) is 45.6 Å². The van der Waals surface area contributed by atoms with Crippen molar-refractivity contribution < 1.29 is 8.42 Å². The van der Waals surface area contributed by atoms with Crippen LogP contribution in [-0.2, 0) is 16.4 Å². The average molecular weight is 353 g/mol. The first-order chi connectivity index (χ1) is 11.5. The van der Waals surface area contributed by atoms with Gasteiger partial charge in [-0.2, -0.15) is 0 Å². The van der Waals surface area contributed by atoms with E-state index in [4.69, 9.17) is 0 Å². The van der Waals surface area contributed by atoms with Crippen molar-refractivity contribution in [2.75, 3.05) is 44.2 Å². The zero-order valence-corrected chi connectivity index (χ0v) is 15.4. The standard InChI is InChI=1S/C17H28N4O2S/c1-3-18-17(20-14-16-6-4-5-15(2)13-16)19-7-8-21-9-11-24(22,23)12-10-21/h4-6,13H,3,7-12,14H2,1-2H3,(H2,18,19,20). The molecule has 1 saturated heterocycles. The SMILES string of the molecule is CCNC(=NCc1cccc(C)c1)NCCN1CCS(=O)(=O)CC1. The van der Waals surface area contributed by atoms with Crippen LogP contribution in [0.1, 0.15) is 18.1 Å². The minimum absolute atomic E-state index is 0.272. The van der Waals surface area contributed by atoms with Crippen LogP contribution in [0.15, 0.2) is 29.3 Å². The molecule has 0 spiro atoms. The minimum atomic E-state index is -2.81. The van der Waals surface area contributed by atoms with E-state index >= 15 is 0 Å². The molecule has 0 saturated carbocycles. The van der Waals surface area contributed by atoms with Gasteiger partial charge >= 0.3 is 0 Å². The first-order valence-corrected chi connectivity index (χ1v) is 10.3. The van der Waals surface area contributed by atoms with Crippen molar-refractivity contribution >= 4 is 15.8 Å². The van der Waals surface area contributed by atoms with Gasteiger partial charge in [0.05, 0.1) is 18.1 Å². The summed E-state index contributed by atoms with van der Waals surface area (Å²) in [6, 6.07) is 8.34. The highest BCUT2D eigenvalue weighted by molar-refractivity contribution is 7.91. The third-order valence-electron chi connectivity index (χ3n) is 4.00. The van der Waals surface area contributed by atoms with Crippen molar-refractivity contribution in [2.45, 2.75) is 20.4 Å². The van der Waals surface area contributed by atoms with Crippen molar-refractivity contribution in [2.24, 2.45) is 4.99 Å². The number of hydrogen-bond acceptors (Lipinski definition) is 4. The lowest BCUT2D eigenvalue weighted by atomic mass is 10.1. The second kappa shape index (κ2) is 9.03. The molecule has 134 valence electrons. The summed E-state index contributed by atoms with van der Waals surface area (Å²) in [5.41, 5.74) is 2.43. The van der Waals surface area contributed by atoms with Gasteiger partial charge in [-0.1, -0.05) is 29.8 Å². The molecular weight excluding hydrogens is 324 g/mol. The molecule has 1 heterocycles. The summed E-state index contributed by atoms with van der Waals surface area (Å²) in [6.07, 6.45) is 0. The van der Waals surface area contributed by atoms with Gasteiger partial charge in [0.2, 0.25) is 0 Å². The molecule has 24 heavy (non-hydrogen) atoms. The maximum absolute atomic E-state index is 11.4. The first kappa shape index (κ1) is 18.7. The highest BCUT2D eigenvalue weighted by Gasteiger charge is 2.20. The van der Waals surface area contributed by atoms with Crippen LogP contribution in [0.3, 0.4) is 0 Å². The maximum atomic E-state index is 11.4. The van der Waals surface area contributed by atoms with E-state index in [-0.39, 0.29) is 11.5 Å². The van der Waals surface area contributed by atoms with Gasteiger partial charge in [-0.15, -0.1) is 0 Å². The van der Waals surface area contributed by atoms with E-state index in [9.17, 15) is 8.42 Å². The third kappa shape index (κ3) is 6.49. The number of sulfone groups is 1. The number of benzene rings is 1. The van der Waals surface area contributed by atoms with Gasteiger partial charge in [-0.05, 0) is 19.4 Å². The Kier molecular flexibility index (Phi) is 7.05. The Hall–Kier alpha value is -1.60. The molecule has 0 atom stereocenters. The van der Waals surface area contributed by atoms with Gasteiger partial charge < -0.3 is 10.6 Å². The average Bonchev–Trinajstić information content (AvgIpc) is 2.54. The molecule has 1 fully saturated rings. The Bertz CT molecular complexity index is 644. The second-order valence-electron chi connectivity index (χ2n) is 6.10. The van der Waals surface area contributed by atoms with Crippen LogP contribution in [0.4, 0.5) is 0 Å². The van der Waals surface area contributed by atoms with Crippen molar-refractivity contribution in [1.29, 1.82) is 0 Å². The molecule has 1 aromatic carbocycles. The molecule has 0 bridgehead atoms. The molecular formula is C17H28N4O2S. The van der Waals surface area contributed by atoms with Gasteiger partial charge in [-0.25, -0.2) is 13.4 Å². The zero-order valence-electron chi connectivity index (χ0n) is 14.6. The van der Waals surface area contributed by atoms with Crippen LogP contribution in [0.2, 0.25) is 0 Å². The van der Waals surface area contributed by atoms with Gasteiger partial charge in [0, 0.05) is 32.7 Å². The molecule has 1 aromatic rings. The highest BCUT2D eigenvalue weighted by atomic mass is 32.2. The van der Waals surface area contributed by atoms with Crippen molar-refractivity contribution in [3.63, 3.8) is 0 Å². The number of aryl methyl sites for hydroxylation is 1. The summed E-state index contributed by atoms with van der Waals surface area (Å²) < 4.78 is 22.9. The lowest BCUT2D eigenvalue weighted by molar-refractivity contribution is 0.299. The van der Waals surface area contributed by atoms with E-state index in [1.807, 2.05) is 13.0 Å². The van der Waals surface area contributed by atoms with Crippen molar-refractivity contribution in [1.82, 2.24) is 15.5 Å². The van der Waals surface area contributed by atoms with Crippen LogP contribution >= 0.6 is 0 Å². The quantitative estimate of drug-likeness (QED) is 0.585. The smallest absolute Gasteiger partial charge is 0.191 e. The van der Waals surface area contributed by atoms with Gasteiger partial charge in [-0.3, -0.25) is 4.90 Å². The Morgan fingerprint density at radius 1 is 1.25 bits per heavy atom. The predicted molar refractivity (Wildman–Crippen MR) is 99.1 cm³/mol. The molecule has 0 radical (unpaired) electrons. The molecule has 6 nitrogen and oxygen atoms in total.